The number of carbonyl (C=O) groups excluding carboxylic acids is 2. The van der Waals surface area contributed by atoms with Crippen LogP contribution in [-0.2, 0) is 0 Å². The highest BCUT2D eigenvalue weighted by Crippen LogP contribution is 2.38. The Morgan fingerprint density at radius 2 is 0.943 bits per heavy atom. The van der Waals surface area contributed by atoms with Crippen LogP contribution in [0.5, 0.6) is 46.0 Å². The van der Waals surface area contributed by atoms with Gasteiger partial charge in [0.05, 0.1) is 28.4 Å². The lowest BCUT2D eigenvalue weighted by Crippen LogP contribution is -2.26. The summed E-state index contributed by atoms with van der Waals surface area (Å²) in [5.74, 6) is 1.55. The number of benzene rings is 4. The van der Waals surface area contributed by atoms with Gasteiger partial charge in [0, 0.05) is 23.0 Å². The molecule has 6 atom stereocenters. The molecule has 0 saturated carbocycles. The Hall–Kier alpha value is -5.46. The van der Waals surface area contributed by atoms with Crippen molar-refractivity contribution in [1.82, 2.24) is 0 Å². The molecule has 0 amide bonds. The van der Waals surface area contributed by atoms with Gasteiger partial charge >= 0.3 is 0 Å². The molecule has 282 valence electrons. The minimum Gasteiger partial charge on any atom is -0.493 e. The van der Waals surface area contributed by atoms with Gasteiger partial charge in [0.1, 0.15) is 24.4 Å². The maximum Gasteiger partial charge on any atom is 0.231 e. The summed E-state index contributed by atoms with van der Waals surface area (Å²) >= 11 is 0. The third-order valence-electron chi connectivity index (χ3n) is 9.48. The van der Waals surface area contributed by atoms with E-state index in [9.17, 15) is 19.8 Å². The minimum absolute atomic E-state index is 0.127. The minimum atomic E-state index is -1.01. The van der Waals surface area contributed by atoms with Gasteiger partial charge in [-0.3, -0.25) is 9.59 Å². The predicted octanol–water partition coefficient (Wildman–Crippen LogP) is 6.79. The molecule has 4 aromatic rings. The van der Waals surface area contributed by atoms with E-state index in [2.05, 4.69) is 0 Å². The summed E-state index contributed by atoms with van der Waals surface area (Å²) in [6.45, 7) is 6.98. The van der Waals surface area contributed by atoms with Crippen molar-refractivity contribution in [3.8, 4) is 46.0 Å². The topological polar surface area (TPSA) is 148 Å². The third-order valence-corrected chi connectivity index (χ3v) is 9.48. The molecule has 2 N–H and O–H groups in total. The fourth-order valence-electron chi connectivity index (χ4n) is 6.02. The lowest BCUT2D eigenvalue weighted by molar-refractivity contribution is 0.0449. The number of ether oxygens (including phenoxy) is 8. The fraction of sp³-hybridized carbons (Fsp3) is 0.366. The van der Waals surface area contributed by atoms with Gasteiger partial charge in [-0.25, -0.2) is 0 Å². The third kappa shape index (κ3) is 8.45. The van der Waals surface area contributed by atoms with E-state index < -0.39 is 36.3 Å². The molecule has 1 aliphatic heterocycles. The molecule has 12 heteroatoms. The molecule has 4 aromatic carbocycles. The number of ketones is 2. The van der Waals surface area contributed by atoms with Crippen LogP contribution in [0.1, 0.15) is 71.7 Å². The number of methoxy groups -OCH3 is 4. The molecule has 0 saturated heterocycles. The maximum atomic E-state index is 13.7. The first-order valence-electron chi connectivity index (χ1n) is 17.2. The summed E-state index contributed by atoms with van der Waals surface area (Å²) in [5.41, 5.74) is 1.85. The van der Waals surface area contributed by atoms with Crippen molar-refractivity contribution in [3.63, 3.8) is 0 Å². The Balaban J connectivity index is 1.24. The molecule has 0 aromatic heterocycles. The van der Waals surface area contributed by atoms with Crippen molar-refractivity contribution < 1.29 is 57.7 Å². The average Bonchev–Trinajstić information content (AvgIpc) is 3.67. The molecule has 12 nitrogen and oxygen atoms in total. The number of rotatable bonds is 17. The van der Waals surface area contributed by atoms with Crippen LogP contribution >= 0.6 is 0 Å². The molecule has 53 heavy (non-hydrogen) atoms. The Labute approximate surface area is 309 Å². The summed E-state index contributed by atoms with van der Waals surface area (Å²) in [6, 6.07) is 19.9. The number of Topliss-reactive ketones (excluding diaryl/α,β-unsaturated/α-hetero) is 2. The second-order valence-electron chi connectivity index (χ2n) is 12.8. The summed E-state index contributed by atoms with van der Waals surface area (Å²) < 4.78 is 44.6. The smallest absolute Gasteiger partial charge is 0.231 e. The van der Waals surface area contributed by atoms with E-state index in [-0.39, 0.29) is 18.4 Å². The largest absolute Gasteiger partial charge is 0.493 e. The number of aliphatic hydroxyl groups excluding tert-OH is 2. The van der Waals surface area contributed by atoms with E-state index in [1.165, 1.54) is 28.4 Å². The lowest BCUT2D eigenvalue weighted by Gasteiger charge is -2.24. The number of hydrogen-bond donors (Lipinski definition) is 2. The zero-order valence-corrected chi connectivity index (χ0v) is 31.1. The first-order chi connectivity index (χ1) is 25.4. The molecular formula is C41H46O12. The highest BCUT2D eigenvalue weighted by Gasteiger charge is 2.30. The molecule has 1 heterocycles. The van der Waals surface area contributed by atoms with Crippen molar-refractivity contribution >= 4 is 11.6 Å². The standard InChI is InChI=1S/C41H46O12/c1-22(38(42)26-11-15-32(35(17-26)48-7)52-24(3)40(44)28-9-13-30(46-5)34(19-28)47-6)23(2)39(43)27-12-16-33(36(18-27)49-8)53-25(4)41(45)29-10-14-31-37(20-29)51-21-50-31/h9-20,22-25,40-41,44-45H,21H2,1-8H3/t22-,23+,24-,25-,40+,41+/m1/s1. The van der Waals surface area contributed by atoms with Crippen LogP contribution in [0.15, 0.2) is 72.8 Å². The van der Waals surface area contributed by atoms with Crippen molar-refractivity contribution in [2.45, 2.75) is 52.1 Å². The highest BCUT2D eigenvalue weighted by molar-refractivity contribution is 6.05. The number of aliphatic hydroxyl groups is 2. The second-order valence-corrected chi connectivity index (χ2v) is 12.8. The first-order valence-corrected chi connectivity index (χ1v) is 17.2. The SMILES string of the molecule is COc1ccc([C@@H](O)[C@@H](C)Oc2ccc(C(=O)[C@H](C)[C@H](C)C(=O)c3ccc(O[C@H](C)[C@H](O)c4ccc5c(c4)OCO5)c(OC)c3)cc2OC)cc1OC. The van der Waals surface area contributed by atoms with E-state index >= 15 is 0 Å². The van der Waals surface area contributed by atoms with Gasteiger partial charge in [0.25, 0.3) is 0 Å². The first kappa shape index (κ1) is 38.8. The number of hydrogen-bond acceptors (Lipinski definition) is 12. The van der Waals surface area contributed by atoms with Crippen LogP contribution < -0.4 is 37.9 Å². The van der Waals surface area contributed by atoms with E-state index in [1.807, 2.05) is 0 Å². The monoisotopic (exact) mass is 730 g/mol. The van der Waals surface area contributed by atoms with E-state index in [0.717, 1.165) is 0 Å². The summed E-state index contributed by atoms with van der Waals surface area (Å²) in [6.07, 6.45) is -3.37. The van der Waals surface area contributed by atoms with Gasteiger partial charge in [0.15, 0.2) is 57.6 Å². The van der Waals surface area contributed by atoms with Crippen LogP contribution in [0.25, 0.3) is 0 Å². The van der Waals surface area contributed by atoms with Crippen molar-refractivity contribution in [1.29, 1.82) is 0 Å². The Morgan fingerprint density at radius 1 is 0.528 bits per heavy atom. The summed E-state index contributed by atoms with van der Waals surface area (Å²) in [4.78, 5) is 27.3. The van der Waals surface area contributed by atoms with Crippen molar-refractivity contribution in [2.75, 3.05) is 35.2 Å². The molecular weight excluding hydrogens is 684 g/mol. The molecule has 0 spiro atoms. The quantitative estimate of drug-likeness (QED) is 0.110. The second kappa shape index (κ2) is 16.9. The molecule has 0 bridgehead atoms. The van der Waals surface area contributed by atoms with E-state index in [0.29, 0.717) is 68.2 Å². The Kier molecular flexibility index (Phi) is 12.4. The van der Waals surface area contributed by atoms with Gasteiger partial charge in [-0.1, -0.05) is 26.0 Å². The number of fused-ring (bicyclic) bond motifs is 1. The summed E-state index contributed by atoms with van der Waals surface area (Å²) in [5, 5.41) is 22.0. The summed E-state index contributed by atoms with van der Waals surface area (Å²) in [7, 11) is 5.97. The van der Waals surface area contributed by atoms with Crippen molar-refractivity contribution in [3.05, 3.63) is 95.1 Å². The van der Waals surface area contributed by atoms with Gasteiger partial charge in [-0.15, -0.1) is 0 Å². The van der Waals surface area contributed by atoms with Crippen molar-refractivity contribution in [2.24, 2.45) is 11.8 Å². The molecule has 5 rings (SSSR count). The number of carbonyl (C=O) groups is 2. The molecule has 0 aliphatic carbocycles. The van der Waals surface area contributed by atoms with E-state index in [1.54, 1.807) is 100 Å². The Morgan fingerprint density at radius 3 is 1.43 bits per heavy atom. The van der Waals surface area contributed by atoms with Gasteiger partial charge in [-0.05, 0) is 85.6 Å². The average molecular weight is 731 g/mol. The van der Waals surface area contributed by atoms with Gasteiger partial charge in [0.2, 0.25) is 6.79 Å². The van der Waals surface area contributed by atoms with Crippen LogP contribution in [0, 0.1) is 11.8 Å². The zero-order chi connectivity index (χ0) is 38.4. The van der Waals surface area contributed by atoms with Crippen LogP contribution in [0.2, 0.25) is 0 Å². The maximum absolute atomic E-state index is 13.7. The lowest BCUT2D eigenvalue weighted by atomic mass is 9.83. The molecule has 0 fully saturated rings. The fourth-order valence-corrected chi connectivity index (χ4v) is 6.02. The van der Waals surface area contributed by atoms with Crippen LogP contribution in [-0.4, -0.2) is 69.2 Å². The molecule has 0 radical (unpaired) electrons. The zero-order valence-electron chi connectivity index (χ0n) is 31.1. The highest BCUT2D eigenvalue weighted by atomic mass is 16.7. The predicted molar refractivity (Wildman–Crippen MR) is 195 cm³/mol. The van der Waals surface area contributed by atoms with Crippen LogP contribution in [0.3, 0.4) is 0 Å². The van der Waals surface area contributed by atoms with E-state index in [4.69, 9.17) is 37.9 Å². The Bertz CT molecular complexity index is 1920. The van der Waals surface area contributed by atoms with Gasteiger partial charge in [-0.2, -0.15) is 0 Å². The van der Waals surface area contributed by atoms with Gasteiger partial charge < -0.3 is 48.1 Å². The molecule has 1 aliphatic rings. The molecule has 0 unspecified atom stereocenters. The normalized spacial score (nSPS) is 15.3. The van der Waals surface area contributed by atoms with Crippen LogP contribution in [0.4, 0.5) is 0 Å².